The number of nitrogens with zero attached hydrogens (tertiary/aromatic N) is 3. The van der Waals surface area contributed by atoms with Crippen LogP contribution in [-0.2, 0) is 17.3 Å². The van der Waals surface area contributed by atoms with Crippen molar-refractivity contribution in [2.45, 2.75) is 49.8 Å². The van der Waals surface area contributed by atoms with E-state index in [1.807, 2.05) is 16.7 Å². The van der Waals surface area contributed by atoms with E-state index in [9.17, 15) is 13.7 Å². The van der Waals surface area contributed by atoms with Gasteiger partial charge in [-0.1, -0.05) is 12.8 Å². The summed E-state index contributed by atoms with van der Waals surface area (Å²) in [5.41, 5.74) is 3.06. The molecule has 8 heteroatoms. The van der Waals surface area contributed by atoms with Crippen molar-refractivity contribution in [2.24, 2.45) is 0 Å². The van der Waals surface area contributed by atoms with E-state index in [2.05, 4.69) is 15.3 Å². The first-order valence-electron chi connectivity index (χ1n) is 10.6. The van der Waals surface area contributed by atoms with Crippen LogP contribution in [0.15, 0.2) is 47.8 Å². The Labute approximate surface area is 184 Å². The molecule has 2 aromatic heterocycles. The molecule has 6 nitrogen and oxygen atoms in total. The molecule has 1 aliphatic carbocycles. The Morgan fingerprint density at radius 3 is 2.61 bits per heavy atom. The van der Waals surface area contributed by atoms with Gasteiger partial charge in [0.25, 0.3) is 0 Å². The standard InChI is InChI=1S/C23H27FN4O2S/c1-31(30)23-27-21(16-7-9-18(24)10-8-16)22(28(23)13-4-14-29)17-11-12-25-20(15-17)26-19-5-2-3-6-19/h7-12,15,19,29H,2-6,13-14H2,1H3,(H,25,26). The van der Waals surface area contributed by atoms with Crippen molar-refractivity contribution in [1.82, 2.24) is 14.5 Å². The number of hydrogen-bond donors (Lipinski definition) is 2. The zero-order valence-electron chi connectivity index (χ0n) is 17.6. The highest BCUT2D eigenvalue weighted by atomic mass is 32.2. The predicted molar refractivity (Wildman–Crippen MR) is 121 cm³/mol. The van der Waals surface area contributed by atoms with E-state index >= 15 is 0 Å². The van der Waals surface area contributed by atoms with E-state index in [4.69, 9.17) is 0 Å². The van der Waals surface area contributed by atoms with Crippen LogP contribution < -0.4 is 5.32 Å². The zero-order valence-corrected chi connectivity index (χ0v) is 18.4. The Morgan fingerprint density at radius 1 is 1.19 bits per heavy atom. The van der Waals surface area contributed by atoms with Gasteiger partial charge in [0, 0.05) is 42.8 Å². The summed E-state index contributed by atoms with van der Waals surface area (Å²) in [5.74, 6) is 0.472. The van der Waals surface area contributed by atoms with Gasteiger partial charge in [0.15, 0.2) is 5.16 Å². The average Bonchev–Trinajstić information content (AvgIpc) is 3.41. The Balaban J connectivity index is 1.84. The van der Waals surface area contributed by atoms with Crippen LogP contribution in [0.4, 0.5) is 10.2 Å². The SMILES string of the molecule is CS(=O)c1nc(-c2ccc(F)cc2)c(-c2ccnc(NC3CCCC3)c2)n1CCCO. The molecule has 3 aromatic rings. The summed E-state index contributed by atoms with van der Waals surface area (Å²) >= 11 is 0. The van der Waals surface area contributed by atoms with Crippen molar-refractivity contribution >= 4 is 16.6 Å². The third-order valence-electron chi connectivity index (χ3n) is 5.59. The second-order valence-corrected chi connectivity index (χ2v) is 9.11. The predicted octanol–water partition coefficient (Wildman–Crippen LogP) is 4.23. The van der Waals surface area contributed by atoms with E-state index in [0.29, 0.717) is 29.9 Å². The second-order valence-electron chi connectivity index (χ2n) is 7.84. The van der Waals surface area contributed by atoms with Crippen LogP contribution in [-0.4, -0.2) is 42.8 Å². The number of benzene rings is 1. The highest BCUT2D eigenvalue weighted by molar-refractivity contribution is 7.84. The van der Waals surface area contributed by atoms with E-state index in [1.165, 1.54) is 25.0 Å². The molecule has 0 amide bonds. The molecule has 0 aliphatic heterocycles. The molecule has 4 rings (SSSR count). The van der Waals surface area contributed by atoms with Crippen LogP contribution in [0.2, 0.25) is 0 Å². The van der Waals surface area contributed by atoms with Crippen molar-refractivity contribution in [3.8, 4) is 22.5 Å². The summed E-state index contributed by atoms with van der Waals surface area (Å²) in [5, 5.41) is 13.4. The maximum atomic E-state index is 13.5. The number of aliphatic hydroxyl groups excluding tert-OH is 1. The summed E-state index contributed by atoms with van der Waals surface area (Å²) in [4.78, 5) is 9.18. The van der Waals surface area contributed by atoms with Gasteiger partial charge in [-0.25, -0.2) is 14.4 Å². The average molecular weight is 443 g/mol. The summed E-state index contributed by atoms with van der Waals surface area (Å²) in [6.45, 7) is 0.493. The fourth-order valence-electron chi connectivity index (χ4n) is 4.13. The molecule has 1 aromatic carbocycles. The molecule has 0 radical (unpaired) electrons. The van der Waals surface area contributed by atoms with Crippen LogP contribution in [0.5, 0.6) is 0 Å². The first-order chi connectivity index (χ1) is 15.1. The van der Waals surface area contributed by atoms with Crippen molar-refractivity contribution in [2.75, 3.05) is 18.2 Å². The number of aromatic nitrogens is 3. The molecule has 1 unspecified atom stereocenters. The van der Waals surface area contributed by atoms with Gasteiger partial charge in [-0.15, -0.1) is 0 Å². The number of rotatable bonds is 8. The highest BCUT2D eigenvalue weighted by Crippen LogP contribution is 2.35. The number of halogens is 1. The third-order valence-corrected chi connectivity index (χ3v) is 6.41. The summed E-state index contributed by atoms with van der Waals surface area (Å²) < 4.78 is 27.9. The van der Waals surface area contributed by atoms with E-state index in [0.717, 1.165) is 35.5 Å². The van der Waals surface area contributed by atoms with Crippen LogP contribution in [0.3, 0.4) is 0 Å². The summed E-state index contributed by atoms with van der Waals surface area (Å²) in [6, 6.07) is 10.5. The maximum absolute atomic E-state index is 13.5. The normalized spacial score (nSPS) is 15.3. The van der Waals surface area contributed by atoms with E-state index in [-0.39, 0.29) is 12.4 Å². The Kier molecular flexibility index (Phi) is 6.77. The van der Waals surface area contributed by atoms with Gasteiger partial charge in [0.1, 0.15) is 11.6 Å². The van der Waals surface area contributed by atoms with E-state index in [1.54, 1.807) is 24.6 Å². The lowest BCUT2D eigenvalue weighted by Gasteiger charge is -2.15. The minimum absolute atomic E-state index is 0.0180. The van der Waals surface area contributed by atoms with Crippen molar-refractivity contribution in [3.05, 3.63) is 48.4 Å². The Morgan fingerprint density at radius 2 is 1.94 bits per heavy atom. The number of aliphatic hydroxyl groups is 1. The first kappa shape index (κ1) is 21.6. The number of hydrogen-bond acceptors (Lipinski definition) is 5. The first-order valence-corrected chi connectivity index (χ1v) is 12.2. The lowest BCUT2D eigenvalue weighted by atomic mass is 10.0. The smallest absolute Gasteiger partial charge is 0.199 e. The zero-order chi connectivity index (χ0) is 21.8. The molecule has 1 fully saturated rings. The van der Waals surface area contributed by atoms with Crippen LogP contribution in [0, 0.1) is 5.82 Å². The van der Waals surface area contributed by atoms with Crippen LogP contribution >= 0.6 is 0 Å². The van der Waals surface area contributed by atoms with Crippen molar-refractivity contribution in [3.63, 3.8) is 0 Å². The lowest BCUT2D eigenvalue weighted by molar-refractivity contribution is 0.278. The molecule has 0 spiro atoms. The lowest BCUT2D eigenvalue weighted by Crippen LogP contribution is -2.15. The van der Waals surface area contributed by atoms with Gasteiger partial charge >= 0.3 is 0 Å². The molecule has 2 N–H and O–H groups in total. The van der Waals surface area contributed by atoms with Crippen LogP contribution in [0.1, 0.15) is 32.1 Å². The van der Waals surface area contributed by atoms with E-state index < -0.39 is 10.8 Å². The molecule has 164 valence electrons. The Hall–Kier alpha value is -2.58. The second kappa shape index (κ2) is 9.70. The molecular weight excluding hydrogens is 415 g/mol. The largest absolute Gasteiger partial charge is 0.396 e. The van der Waals surface area contributed by atoms with Crippen LogP contribution in [0.25, 0.3) is 22.5 Å². The van der Waals surface area contributed by atoms with Gasteiger partial charge in [-0.2, -0.15) is 0 Å². The van der Waals surface area contributed by atoms with Gasteiger partial charge in [-0.05, 0) is 55.7 Å². The summed E-state index contributed by atoms with van der Waals surface area (Å²) in [6.07, 6.45) is 8.59. The minimum Gasteiger partial charge on any atom is -0.396 e. The highest BCUT2D eigenvalue weighted by Gasteiger charge is 2.23. The molecule has 31 heavy (non-hydrogen) atoms. The monoisotopic (exact) mass is 442 g/mol. The fraction of sp³-hybridized carbons (Fsp3) is 0.391. The Bertz CT molecular complexity index is 1060. The molecule has 1 atom stereocenters. The summed E-state index contributed by atoms with van der Waals surface area (Å²) in [7, 11) is -1.33. The van der Waals surface area contributed by atoms with Gasteiger partial charge < -0.3 is 15.0 Å². The van der Waals surface area contributed by atoms with Crippen molar-refractivity contribution in [1.29, 1.82) is 0 Å². The van der Waals surface area contributed by atoms with Crippen molar-refractivity contribution < 1.29 is 13.7 Å². The molecule has 0 bridgehead atoms. The number of imidazole rings is 1. The number of anilines is 1. The number of pyridine rings is 1. The molecule has 0 saturated heterocycles. The fourth-order valence-corrected chi connectivity index (χ4v) is 4.84. The third kappa shape index (κ3) is 4.85. The topological polar surface area (TPSA) is 80.0 Å². The number of nitrogens with one attached hydrogen (secondary N) is 1. The molecule has 1 aliphatic rings. The molecule has 1 saturated carbocycles. The maximum Gasteiger partial charge on any atom is 0.199 e. The minimum atomic E-state index is -1.33. The van der Waals surface area contributed by atoms with Gasteiger partial charge in [0.05, 0.1) is 22.2 Å². The quantitative estimate of drug-likeness (QED) is 0.546. The van der Waals surface area contributed by atoms with Gasteiger partial charge in [-0.3, -0.25) is 4.21 Å². The molecular formula is C23H27FN4O2S. The molecule has 2 heterocycles. The van der Waals surface area contributed by atoms with Gasteiger partial charge in [0.2, 0.25) is 0 Å².